The summed E-state index contributed by atoms with van der Waals surface area (Å²) in [6.45, 7) is 12.5. The summed E-state index contributed by atoms with van der Waals surface area (Å²) in [6, 6.07) is 0.482. The van der Waals surface area contributed by atoms with E-state index in [1.807, 2.05) is 12.4 Å². The van der Waals surface area contributed by atoms with Crippen molar-refractivity contribution in [3.05, 3.63) is 12.8 Å². The van der Waals surface area contributed by atoms with Crippen molar-refractivity contribution in [2.45, 2.75) is 71.9 Å². The highest BCUT2D eigenvalue weighted by molar-refractivity contribution is 5.69. The molecule has 1 aliphatic carbocycles. The molecular weight excluding hydrogens is 258 g/mol. The number of nitrogens with two attached hydrogens (primary N) is 1. The third kappa shape index (κ3) is 7.03. The third-order valence-electron chi connectivity index (χ3n) is 4.46. The second-order valence-electron chi connectivity index (χ2n) is 7.43. The van der Waals surface area contributed by atoms with E-state index in [4.69, 9.17) is 10.7 Å². The Kier molecular flexibility index (Phi) is 7.30. The average molecular weight is 291 g/mol. The average Bonchev–Trinajstić information content (AvgIpc) is 2.43. The van der Waals surface area contributed by atoms with E-state index in [0.29, 0.717) is 6.04 Å². The van der Waals surface area contributed by atoms with Crippen LogP contribution in [0.2, 0.25) is 0 Å². The Morgan fingerprint density at radius 2 is 1.86 bits per heavy atom. The molecule has 1 fully saturated rings. The molecule has 0 radical (unpaired) electrons. The maximum atomic E-state index is 6.19. The fraction of sp³-hybridized carbons (Fsp3) is 0.778. The van der Waals surface area contributed by atoms with Gasteiger partial charge in [0.25, 0.3) is 0 Å². The normalized spacial score (nSPS) is 25.8. The molecule has 3 heteroatoms. The standard InChI is InChI=1S/C18H33N3/c1-6-20-13-18(4,5)11-16(19)12-21-17-9-7-15(8-10-17)14(2)3/h6,12-17H,1,7-11,19H2,2-5H3. The molecule has 0 aromatic rings. The summed E-state index contributed by atoms with van der Waals surface area (Å²) in [7, 11) is 0. The zero-order valence-corrected chi connectivity index (χ0v) is 14.3. The largest absolute Gasteiger partial charge is 0.323 e. The maximum Gasteiger partial charge on any atom is 0.0496 e. The molecule has 1 unspecified atom stereocenters. The molecule has 1 aliphatic rings. The van der Waals surface area contributed by atoms with Gasteiger partial charge in [-0.05, 0) is 43.9 Å². The third-order valence-corrected chi connectivity index (χ3v) is 4.46. The quantitative estimate of drug-likeness (QED) is 0.701. The van der Waals surface area contributed by atoms with Crippen LogP contribution in [-0.2, 0) is 0 Å². The molecule has 0 aromatic heterocycles. The van der Waals surface area contributed by atoms with Crippen LogP contribution in [0.1, 0.15) is 59.8 Å². The first-order chi connectivity index (χ1) is 9.84. The van der Waals surface area contributed by atoms with Gasteiger partial charge >= 0.3 is 0 Å². The minimum atomic E-state index is -0.0189. The van der Waals surface area contributed by atoms with Crippen molar-refractivity contribution in [1.29, 1.82) is 0 Å². The highest BCUT2D eigenvalue weighted by Gasteiger charge is 2.23. The lowest BCUT2D eigenvalue weighted by molar-refractivity contribution is 0.260. The highest BCUT2D eigenvalue weighted by Crippen LogP contribution is 2.31. The van der Waals surface area contributed by atoms with Crippen molar-refractivity contribution in [3.63, 3.8) is 0 Å². The van der Waals surface area contributed by atoms with Gasteiger partial charge < -0.3 is 5.73 Å². The van der Waals surface area contributed by atoms with E-state index < -0.39 is 0 Å². The topological polar surface area (TPSA) is 50.7 Å². The van der Waals surface area contributed by atoms with Crippen LogP contribution in [0.4, 0.5) is 0 Å². The predicted molar refractivity (Wildman–Crippen MR) is 94.1 cm³/mol. The van der Waals surface area contributed by atoms with Gasteiger partial charge in [0.05, 0.1) is 0 Å². The Morgan fingerprint density at radius 3 is 2.38 bits per heavy atom. The van der Waals surface area contributed by atoms with E-state index in [9.17, 15) is 0 Å². The van der Waals surface area contributed by atoms with Crippen LogP contribution in [0, 0.1) is 17.3 Å². The van der Waals surface area contributed by atoms with Crippen LogP contribution >= 0.6 is 0 Å². The second kappa shape index (κ2) is 8.47. The first-order valence-electron chi connectivity index (χ1n) is 8.28. The van der Waals surface area contributed by atoms with Crippen molar-refractivity contribution in [2.24, 2.45) is 33.0 Å². The van der Waals surface area contributed by atoms with Gasteiger partial charge in [0.1, 0.15) is 0 Å². The highest BCUT2D eigenvalue weighted by atomic mass is 14.8. The lowest BCUT2D eigenvalue weighted by Crippen LogP contribution is -2.31. The monoisotopic (exact) mass is 291 g/mol. The molecular formula is C18H33N3. The first kappa shape index (κ1) is 18.1. The summed E-state index contributed by atoms with van der Waals surface area (Å²) < 4.78 is 0. The Hall–Kier alpha value is -0.960. The van der Waals surface area contributed by atoms with Crippen molar-refractivity contribution in [1.82, 2.24) is 0 Å². The fourth-order valence-electron chi connectivity index (χ4n) is 3.12. The Balaban J connectivity index is 2.39. The van der Waals surface area contributed by atoms with E-state index in [1.54, 1.807) is 6.20 Å². The van der Waals surface area contributed by atoms with Crippen LogP contribution in [-0.4, -0.2) is 24.5 Å². The minimum absolute atomic E-state index is 0.000845. The van der Waals surface area contributed by atoms with Gasteiger partial charge in [0.2, 0.25) is 0 Å². The number of hydrogen-bond donors (Lipinski definition) is 1. The maximum absolute atomic E-state index is 6.19. The van der Waals surface area contributed by atoms with Gasteiger partial charge in [-0.2, -0.15) is 0 Å². The summed E-state index contributed by atoms with van der Waals surface area (Å²) in [4.78, 5) is 8.84. The molecule has 0 saturated heterocycles. The number of nitrogens with zero attached hydrogens (tertiary/aromatic N) is 2. The van der Waals surface area contributed by atoms with Crippen LogP contribution < -0.4 is 5.73 Å². The van der Waals surface area contributed by atoms with Gasteiger partial charge in [-0.1, -0.05) is 34.3 Å². The second-order valence-corrected chi connectivity index (χ2v) is 7.43. The fourth-order valence-corrected chi connectivity index (χ4v) is 3.12. The van der Waals surface area contributed by atoms with E-state index >= 15 is 0 Å². The summed E-state index contributed by atoms with van der Waals surface area (Å²) in [5, 5.41) is 0. The molecule has 1 rings (SSSR count). The zero-order chi connectivity index (χ0) is 15.9. The Morgan fingerprint density at radius 1 is 1.24 bits per heavy atom. The van der Waals surface area contributed by atoms with Crippen LogP contribution in [0.15, 0.2) is 22.8 Å². The first-order valence-corrected chi connectivity index (χ1v) is 8.28. The van der Waals surface area contributed by atoms with Crippen molar-refractivity contribution >= 4 is 12.4 Å². The number of aliphatic imine (C=N–C) groups is 2. The van der Waals surface area contributed by atoms with Gasteiger partial charge in [-0.15, -0.1) is 0 Å². The van der Waals surface area contributed by atoms with Crippen LogP contribution in [0.3, 0.4) is 0 Å². The molecule has 1 atom stereocenters. The lowest BCUT2D eigenvalue weighted by Gasteiger charge is -2.29. The molecule has 0 spiro atoms. The lowest BCUT2D eigenvalue weighted by atomic mass is 9.80. The SMILES string of the molecule is C=CN=CC(C)(C)CC(N)C=NC1CCC(C(C)C)CC1. The molecule has 3 nitrogen and oxygen atoms in total. The van der Waals surface area contributed by atoms with Crippen LogP contribution in [0.5, 0.6) is 0 Å². The zero-order valence-electron chi connectivity index (χ0n) is 14.3. The molecule has 0 aromatic carbocycles. The number of rotatable bonds is 7. The Labute approximate surface area is 130 Å². The van der Waals surface area contributed by atoms with Gasteiger partial charge in [-0.3, -0.25) is 9.98 Å². The molecule has 0 amide bonds. The van der Waals surface area contributed by atoms with E-state index in [0.717, 1.165) is 18.3 Å². The summed E-state index contributed by atoms with van der Waals surface area (Å²) in [5.74, 6) is 1.70. The summed E-state index contributed by atoms with van der Waals surface area (Å²) >= 11 is 0. The van der Waals surface area contributed by atoms with E-state index in [1.165, 1.54) is 25.7 Å². The molecule has 2 N–H and O–H groups in total. The molecule has 0 aliphatic heterocycles. The van der Waals surface area contributed by atoms with E-state index in [-0.39, 0.29) is 11.5 Å². The summed E-state index contributed by atoms with van der Waals surface area (Å²) in [6.07, 6.45) is 11.4. The van der Waals surface area contributed by atoms with Crippen molar-refractivity contribution in [2.75, 3.05) is 0 Å². The van der Waals surface area contributed by atoms with Crippen molar-refractivity contribution < 1.29 is 0 Å². The van der Waals surface area contributed by atoms with Crippen molar-refractivity contribution in [3.8, 4) is 0 Å². The van der Waals surface area contributed by atoms with Gasteiger partial charge in [0.15, 0.2) is 0 Å². The molecule has 0 bridgehead atoms. The van der Waals surface area contributed by atoms with Gasteiger partial charge in [0, 0.05) is 36.1 Å². The minimum Gasteiger partial charge on any atom is -0.323 e. The predicted octanol–water partition coefficient (Wildman–Crippen LogP) is 4.23. The Bertz CT molecular complexity index is 361. The molecule has 21 heavy (non-hydrogen) atoms. The van der Waals surface area contributed by atoms with E-state index in [2.05, 4.69) is 39.3 Å². The number of hydrogen-bond acceptors (Lipinski definition) is 3. The molecule has 120 valence electrons. The summed E-state index contributed by atoms with van der Waals surface area (Å²) in [5.41, 5.74) is 6.17. The molecule has 1 saturated carbocycles. The molecule has 0 heterocycles. The smallest absolute Gasteiger partial charge is 0.0496 e. The van der Waals surface area contributed by atoms with Gasteiger partial charge in [-0.25, -0.2) is 0 Å². The van der Waals surface area contributed by atoms with Crippen LogP contribution in [0.25, 0.3) is 0 Å².